The third kappa shape index (κ3) is 3.62. The number of hydrogen-bond acceptors (Lipinski definition) is 5. The van der Waals surface area contributed by atoms with Crippen LogP contribution in [0.3, 0.4) is 0 Å². The fourth-order valence-electron chi connectivity index (χ4n) is 4.65. The lowest BCUT2D eigenvalue weighted by atomic mass is 9.94. The van der Waals surface area contributed by atoms with Crippen LogP contribution in [-0.4, -0.2) is 17.9 Å². The highest BCUT2D eigenvalue weighted by atomic mass is 35.5. The summed E-state index contributed by atoms with van der Waals surface area (Å²) in [5, 5.41) is 2.46. The summed E-state index contributed by atoms with van der Waals surface area (Å²) in [6, 6.07) is 26.4. The second kappa shape index (κ2) is 8.57. The maximum absolute atomic E-state index is 13.6. The normalized spacial score (nSPS) is 21.6. The second-order valence-electron chi connectivity index (χ2n) is 8.34. The monoisotopic (exact) mass is 504 g/mol. The third-order valence-electron chi connectivity index (χ3n) is 6.26. The molecule has 2 aliphatic rings. The van der Waals surface area contributed by atoms with E-state index in [9.17, 15) is 9.59 Å². The van der Waals surface area contributed by atoms with Crippen LogP contribution in [0, 0.1) is 5.92 Å². The van der Waals surface area contributed by atoms with Gasteiger partial charge >= 0.3 is 0 Å². The van der Waals surface area contributed by atoms with Crippen LogP contribution in [0.5, 0.6) is 0 Å². The molecule has 0 bridgehead atoms. The van der Waals surface area contributed by atoms with Gasteiger partial charge in [0.05, 0.1) is 21.4 Å². The molecule has 2 saturated heterocycles. The van der Waals surface area contributed by atoms with E-state index in [1.54, 1.807) is 53.6 Å². The van der Waals surface area contributed by atoms with Crippen molar-refractivity contribution in [1.82, 2.24) is 0 Å². The average molecular weight is 505 g/mol. The van der Waals surface area contributed by atoms with Crippen LogP contribution in [-0.2, 0) is 14.4 Å². The maximum atomic E-state index is 13.6. The van der Waals surface area contributed by atoms with E-state index in [1.807, 2.05) is 42.5 Å². The molecule has 1 aromatic heterocycles. The van der Waals surface area contributed by atoms with Crippen LogP contribution in [0.1, 0.15) is 11.8 Å². The quantitative estimate of drug-likeness (QED) is 0.305. The lowest BCUT2D eigenvalue weighted by Gasteiger charge is -2.27. The molecule has 0 aliphatic carbocycles. The van der Waals surface area contributed by atoms with Gasteiger partial charge in [-0.25, -0.2) is 9.96 Å². The Balaban J connectivity index is 1.42. The zero-order valence-electron chi connectivity index (χ0n) is 18.2. The first-order valence-corrected chi connectivity index (χ1v) is 11.8. The molecule has 0 unspecified atom stereocenters. The Kier molecular flexibility index (Phi) is 5.37. The van der Waals surface area contributed by atoms with Gasteiger partial charge in [0.2, 0.25) is 5.91 Å². The van der Waals surface area contributed by atoms with Gasteiger partial charge in [-0.1, -0.05) is 59.6 Å². The highest BCUT2D eigenvalue weighted by Gasteiger charge is 2.61. The highest BCUT2D eigenvalue weighted by Crippen LogP contribution is 2.48. The molecular formula is C27H18Cl2N2O4. The Hall–Kier alpha value is -3.58. The molecule has 3 aromatic carbocycles. The number of furan rings is 1. The Morgan fingerprint density at radius 3 is 2.09 bits per heavy atom. The first-order chi connectivity index (χ1) is 17.0. The van der Waals surface area contributed by atoms with Crippen LogP contribution in [0.4, 0.5) is 11.4 Å². The van der Waals surface area contributed by atoms with Gasteiger partial charge in [0.1, 0.15) is 23.5 Å². The van der Waals surface area contributed by atoms with Crippen molar-refractivity contribution in [2.45, 2.75) is 12.1 Å². The molecule has 2 aliphatic heterocycles. The summed E-state index contributed by atoms with van der Waals surface area (Å²) in [5.74, 6) is -0.450. The number of nitrogens with zero attached hydrogens (tertiary/aromatic N) is 2. The number of benzene rings is 3. The number of carbonyl (C=O) groups excluding carboxylic acids is 2. The van der Waals surface area contributed by atoms with E-state index >= 15 is 0 Å². The molecule has 6 rings (SSSR count). The van der Waals surface area contributed by atoms with Crippen molar-refractivity contribution in [3.8, 4) is 11.3 Å². The molecule has 35 heavy (non-hydrogen) atoms. The number of hydrogen-bond donors (Lipinski definition) is 0. The van der Waals surface area contributed by atoms with Crippen molar-refractivity contribution < 1.29 is 18.8 Å². The number of halogens is 2. The number of anilines is 2. The number of amides is 2. The molecule has 3 atom stereocenters. The van der Waals surface area contributed by atoms with Crippen LogP contribution in [0.15, 0.2) is 95.4 Å². The molecule has 6 nitrogen and oxygen atoms in total. The number of carbonyl (C=O) groups is 2. The molecule has 2 amide bonds. The van der Waals surface area contributed by atoms with E-state index < -0.39 is 24.0 Å². The molecule has 2 fully saturated rings. The lowest BCUT2D eigenvalue weighted by Crippen LogP contribution is -2.37. The molecule has 0 N–H and O–H groups in total. The van der Waals surface area contributed by atoms with Crippen LogP contribution in [0.2, 0.25) is 10.0 Å². The number of imide groups is 1. The number of fused-ring (bicyclic) bond motifs is 1. The standard InChI is InChI=1S/C27H18Cl2N2O4/c28-19-12-11-16(15-20(19)29)21-13-14-22(34-21)24-23-25(35-31(24)18-9-5-2-6-10-18)27(33)30(26(23)32)17-7-3-1-4-8-17/h1-15,23-25H/t23-,24+,25-/m1/s1. The fourth-order valence-corrected chi connectivity index (χ4v) is 4.95. The van der Waals surface area contributed by atoms with Crippen molar-refractivity contribution >= 4 is 46.4 Å². The molecule has 4 aromatic rings. The maximum Gasteiger partial charge on any atom is 0.266 e. The van der Waals surface area contributed by atoms with E-state index in [1.165, 1.54) is 4.90 Å². The largest absolute Gasteiger partial charge is 0.459 e. The van der Waals surface area contributed by atoms with E-state index in [0.717, 1.165) is 5.56 Å². The number of rotatable bonds is 4. The highest BCUT2D eigenvalue weighted by molar-refractivity contribution is 6.42. The topological polar surface area (TPSA) is 63.0 Å². The first kappa shape index (κ1) is 21.9. The van der Waals surface area contributed by atoms with Crippen LogP contribution < -0.4 is 9.96 Å². The van der Waals surface area contributed by atoms with Gasteiger partial charge < -0.3 is 4.42 Å². The smallest absolute Gasteiger partial charge is 0.266 e. The lowest BCUT2D eigenvalue weighted by molar-refractivity contribution is -0.126. The third-order valence-corrected chi connectivity index (χ3v) is 7.00. The number of hydroxylamine groups is 1. The second-order valence-corrected chi connectivity index (χ2v) is 9.15. The summed E-state index contributed by atoms with van der Waals surface area (Å²) in [7, 11) is 0. The summed E-state index contributed by atoms with van der Waals surface area (Å²) in [4.78, 5) is 34.3. The SMILES string of the molecule is O=C1[C@H]2[C@@H](ON(c3ccccc3)[C@H]2c2ccc(-c3ccc(Cl)c(Cl)c3)o2)C(=O)N1c1ccccc1. The predicted octanol–water partition coefficient (Wildman–Crippen LogP) is 6.30. The molecule has 3 heterocycles. The predicted molar refractivity (Wildman–Crippen MR) is 133 cm³/mol. The molecular weight excluding hydrogens is 487 g/mol. The fraction of sp³-hybridized carbons (Fsp3) is 0.111. The summed E-state index contributed by atoms with van der Waals surface area (Å²) in [5.41, 5.74) is 1.97. The summed E-state index contributed by atoms with van der Waals surface area (Å²) < 4.78 is 6.23. The Labute approximate surface area is 211 Å². The van der Waals surface area contributed by atoms with Gasteiger partial charge in [-0.2, -0.15) is 0 Å². The van der Waals surface area contributed by atoms with Gasteiger partial charge in [-0.3, -0.25) is 14.4 Å². The van der Waals surface area contributed by atoms with Crippen molar-refractivity contribution in [1.29, 1.82) is 0 Å². The minimum atomic E-state index is -0.966. The van der Waals surface area contributed by atoms with Crippen molar-refractivity contribution in [2.75, 3.05) is 9.96 Å². The molecule has 0 radical (unpaired) electrons. The minimum Gasteiger partial charge on any atom is -0.459 e. The summed E-state index contributed by atoms with van der Waals surface area (Å²) >= 11 is 12.3. The summed E-state index contributed by atoms with van der Waals surface area (Å²) in [6.45, 7) is 0. The molecule has 0 spiro atoms. The van der Waals surface area contributed by atoms with E-state index in [2.05, 4.69) is 0 Å². The van der Waals surface area contributed by atoms with Gasteiger partial charge in [0, 0.05) is 5.56 Å². The van der Waals surface area contributed by atoms with Crippen molar-refractivity contribution in [3.63, 3.8) is 0 Å². The minimum absolute atomic E-state index is 0.331. The van der Waals surface area contributed by atoms with Gasteiger partial charge in [-0.05, 0) is 54.6 Å². The van der Waals surface area contributed by atoms with Crippen LogP contribution in [0.25, 0.3) is 11.3 Å². The van der Waals surface area contributed by atoms with Gasteiger partial charge in [0.25, 0.3) is 5.91 Å². The molecule has 8 heteroatoms. The van der Waals surface area contributed by atoms with Crippen LogP contribution >= 0.6 is 23.2 Å². The van der Waals surface area contributed by atoms with Gasteiger partial charge in [0.15, 0.2) is 6.10 Å². The first-order valence-electron chi connectivity index (χ1n) is 11.0. The van der Waals surface area contributed by atoms with E-state index in [0.29, 0.717) is 32.9 Å². The number of para-hydroxylation sites is 2. The van der Waals surface area contributed by atoms with E-state index in [-0.39, 0.29) is 5.91 Å². The molecule has 0 saturated carbocycles. The summed E-state index contributed by atoms with van der Waals surface area (Å²) in [6.07, 6.45) is -0.966. The Bertz CT molecular complexity index is 1420. The Morgan fingerprint density at radius 1 is 0.714 bits per heavy atom. The Morgan fingerprint density at radius 2 is 1.40 bits per heavy atom. The van der Waals surface area contributed by atoms with E-state index in [4.69, 9.17) is 32.5 Å². The average Bonchev–Trinajstić information content (AvgIpc) is 3.57. The molecule has 174 valence electrons. The van der Waals surface area contributed by atoms with Gasteiger partial charge in [-0.15, -0.1) is 0 Å². The zero-order chi connectivity index (χ0) is 24.1. The zero-order valence-corrected chi connectivity index (χ0v) is 19.7. The van der Waals surface area contributed by atoms with Crippen molar-refractivity contribution in [3.05, 3.63) is 107 Å². The van der Waals surface area contributed by atoms with Crippen molar-refractivity contribution in [2.24, 2.45) is 5.92 Å².